The number of methoxy groups -OCH3 is 1. The van der Waals surface area contributed by atoms with Gasteiger partial charge in [-0.1, -0.05) is 72.8 Å². The predicted octanol–water partition coefficient (Wildman–Crippen LogP) is 6.97. The molecule has 0 fully saturated rings. The Morgan fingerprint density at radius 1 is 0.778 bits per heavy atom. The van der Waals surface area contributed by atoms with Crippen LogP contribution < -0.4 is 20.7 Å². The summed E-state index contributed by atoms with van der Waals surface area (Å²) in [5.74, 6) is -0.0288. The first-order chi connectivity index (χ1) is 22.0. The zero-order chi connectivity index (χ0) is 31.4. The van der Waals surface area contributed by atoms with Crippen molar-refractivity contribution >= 4 is 47.1 Å². The number of rotatable bonds is 11. The summed E-state index contributed by atoms with van der Waals surface area (Å²) in [6.45, 7) is 0. The maximum atomic E-state index is 13.6. The Kier molecular flexibility index (Phi) is 10.4. The van der Waals surface area contributed by atoms with Gasteiger partial charge in [0.1, 0.15) is 22.5 Å². The predicted molar refractivity (Wildman–Crippen MR) is 178 cm³/mol. The molecule has 45 heavy (non-hydrogen) atoms. The summed E-state index contributed by atoms with van der Waals surface area (Å²) in [5.41, 5.74) is 2.49. The molecule has 0 saturated carbocycles. The number of benzene rings is 4. The molecule has 3 N–H and O–H groups in total. The van der Waals surface area contributed by atoms with Gasteiger partial charge >= 0.3 is 0 Å². The summed E-state index contributed by atoms with van der Waals surface area (Å²) in [6, 6.07) is 37.8. The second kappa shape index (κ2) is 15.2. The number of ether oxygens (including phenoxy) is 1. The number of carbonyl (C=O) groups excluding carboxylic acids is 3. The van der Waals surface area contributed by atoms with Gasteiger partial charge in [-0.25, -0.2) is 4.98 Å². The fourth-order valence-electron chi connectivity index (χ4n) is 4.32. The van der Waals surface area contributed by atoms with E-state index in [4.69, 9.17) is 4.74 Å². The summed E-state index contributed by atoms with van der Waals surface area (Å²) >= 11 is 1.35. The quantitative estimate of drug-likeness (QED) is 0.110. The average Bonchev–Trinajstić information content (AvgIpc) is 3.08. The van der Waals surface area contributed by atoms with Gasteiger partial charge in [0.05, 0.1) is 7.11 Å². The third kappa shape index (κ3) is 8.68. The molecule has 4 aromatic carbocycles. The van der Waals surface area contributed by atoms with E-state index in [1.165, 1.54) is 11.8 Å². The molecule has 0 aliphatic rings. The largest absolute Gasteiger partial charge is 0.497 e. The Hall–Kier alpha value is -5.67. The highest BCUT2D eigenvalue weighted by molar-refractivity contribution is 8.00. The Morgan fingerprint density at radius 3 is 2.18 bits per heavy atom. The van der Waals surface area contributed by atoms with Crippen LogP contribution >= 0.6 is 11.8 Å². The fourth-order valence-corrected chi connectivity index (χ4v) is 5.40. The summed E-state index contributed by atoms with van der Waals surface area (Å²) in [6.07, 6.45) is 3.22. The first-order valence-electron chi connectivity index (χ1n) is 14.1. The Labute approximate surface area is 265 Å². The lowest BCUT2D eigenvalue weighted by molar-refractivity contribution is -0.116. The zero-order valence-electron chi connectivity index (χ0n) is 24.3. The van der Waals surface area contributed by atoms with Crippen LogP contribution in [0.2, 0.25) is 0 Å². The summed E-state index contributed by atoms with van der Waals surface area (Å²) < 4.78 is 5.23. The van der Waals surface area contributed by atoms with E-state index in [-0.39, 0.29) is 11.6 Å². The van der Waals surface area contributed by atoms with Crippen molar-refractivity contribution in [2.45, 2.75) is 10.1 Å². The highest BCUT2D eigenvalue weighted by Gasteiger charge is 2.23. The van der Waals surface area contributed by atoms with Crippen molar-refractivity contribution in [2.75, 3.05) is 17.7 Å². The van der Waals surface area contributed by atoms with Crippen LogP contribution in [0.3, 0.4) is 0 Å². The van der Waals surface area contributed by atoms with Gasteiger partial charge in [0, 0.05) is 22.3 Å². The van der Waals surface area contributed by atoms with Gasteiger partial charge in [0.15, 0.2) is 0 Å². The smallest absolute Gasteiger partial charge is 0.272 e. The molecule has 5 rings (SSSR count). The number of hydrogen-bond acceptors (Lipinski definition) is 6. The van der Waals surface area contributed by atoms with E-state index in [0.29, 0.717) is 28.4 Å². The van der Waals surface area contributed by atoms with Crippen molar-refractivity contribution in [3.05, 3.63) is 156 Å². The standard InChI is InChI=1S/C36H30N4O4S/c1-44-29-20-18-25(19-21-29)23-31(39-34(41)27-13-6-3-7-14-27)35(42)38-28-15-10-16-30(24-28)45-33(26-11-4-2-5-12-26)36(43)40-32-17-8-9-22-37-32/h2-24,33H,1H3,(H,38,42)(H,39,41)(H,37,40,43)/b31-23+. The molecule has 1 atom stereocenters. The molecule has 0 aliphatic carbocycles. The second-order valence-corrected chi connectivity index (χ2v) is 10.9. The first kappa shape index (κ1) is 30.8. The number of anilines is 2. The number of thioether (sulfide) groups is 1. The monoisotopic (exact) mass is 614 g/mol. The highest BCUT2D eigenvalue weighted by Crippen LogP contribution is 2.37. The second-order valence-electron chi connectivity index (χ2n) is 9.75. The number of amides is 3. The Morgan fingerprint density at radius 2 is 1.49 bits per heavy atom. The molecule has 0 bridgehead atoms. The van der Waals surface area contributed by atoms with E-state index in [1.54, 1.807) is 104 Å². The number of hydrogen-bond donors (Lipinski definition) is 3. The number of pyridine rings is 1. The van der Waals surface area contributed by atoms with Crippen LogP contribution in [-0.2, 0) is 9.59 Å². The Balaban J connectivity index is 1.37. The molecule has 8 nitrogen and oxygen atoms in total. The minimum Gasteiger partial charge on any atom is -0.497 e. The van der Waals surface area contributed by atoms with Gasteiger partial charge in [-0.3, -0.25) is 14.4 Å². The highest BCUT2D eigenvalue weighted by atomic mass is 32.2. The fraction of sp³-hybridized carbons (Fsp3) is 0.0556. The van der Waals surface area contributed by atoms with Gasteiger partial charge in [-0.15, -0.1) is 11.8 Å². The lowest BCUT2D eigenvalue weighted by Crippen LogP contribution is -2.30. The number of carbonyl (C=O) groups is 3. The molecular weight excluding hydrogens is 584 g/mol. The van der Waals surface area contributed by atoms with E-state index in [2.05, 4.69) is 20.9 Å². The molecule has 1 unspecified atom stereocenters. The first-order valence-corrected chi connectivity index (χ1v) is 14.9. The molecule has 0 saturated heterocycles. The van der Waals surface area contributed by atoms with Crippen molar-refractivity contribution in [2.24, 2.45) is 0 Å². The van der Waals surface area contributed by atoms with Crippen LogP contribution in [-0.4, -0.2) is 29.8 Å². The minimum atomic E-state index is -0.588. The molecule has 0 aliphatic heterocycles. The van der Waals surface area contributed by atoms with Crippen molar-refractivity contribution in [3.8, 4) is 5.75 Å². The van der Waals surface area contributed by atoms with Gasteiger partial charge < -0.3 is 20.7 Å². The van der Waals surface area contributed by atoms with Crippen molar-refractivity contribution in [3.63, 3.8) is 0 Å². The number of nitrogens with one attached hydrogen (secondary N) is 3. The van der Waals surface area contributed by atoms with E-state index in [1.807, 2.05) is 42.5 Å². The topological polar surface area (TPSA) is 109 Å². The van der Waals surface area contributed by atoms with Crippen LogP contribution in [0.1, 0.15) is 26.7 Å². The average molecular weight is 615 g/mol. The molecule has 3 amide bonds. The normalized spacial score (nSPS) is 11.6. The molecular formula is C36H30N4O4S. The molecule has 0 spiro atoms. The van der Waals surface area contributed by atoms with Crippen LogP contribution in [0.4, 0.5) is 11.5 Å². The van der Waals surface area contributed by atoms with Crippen LogP contribution in [0.5, 0.6) is 5.75 Å². The molecule has 9 heteroatoms. The molecule has 1 aromatic heterocycles. The molecule has 1 heterocycles. The number of nitrogens with zero attached hydrogens (tertiary/aromatic N) is 1. The lowest BCUT2D eigenvalue weighted by atomic mass is 10.1. The molecule has 224 valence electrons. The maximum Gasteiger partial charge on any atom is 0.272 e. The SMILES string of the molecule is COc1ccc(/C=C(/NC(=O)c2ccccc2)C(=O)Nc2cccc(SC(C(=O)Nc3ccccn3)c3ccccc3)c2)cc1. The van der Waals surface area contributed by atoms with Gasteiger partial charge in [0.25, 0.3) is 11.8 Å². The summed E-state index contributed by atoms with van der Waals surface area (Å²) in [7, 11) is 1.57. The van der Waals surface area contributed by atoms with E-state index < -0.39 is 17.1 Å². The Bertz CT molecular complexity index is 1780. The van der Waals surface area contributed by atoms with Crippen LogP contribution in [0.25, 0.3) is 6.08 Å². The maximum absolute atomic E-state index is 13.6. The summed E-state index contributed by atoms with van der Waals surface area (Å²) in [4.78, 5) is 45.0. The number of aromatic nitrogens is 1. The van der Waals surface area contributed by atoms with E-state index >= 15 is 0 Å². The lowest BCUT2D eigenvalue weighted by Gasteiger charge is -2.17. The zero-order valence-corrected chi connectivity index (χ0v) is 25.2. The third-order valence-corrected chi connectivity index (χ3v) is 7.81. The van der Waals surface area contributed by atoms with Crippen LogP contribution in [0.15, 0.2) is 144 Å². The van der Waals surface area contributed by atoms with Gasteiger partial charge in [-0.2, -0.15) is 0 Å². The molecule has 5 aromatic rings. The summed E-state index contributed by atoms with van der Waals surface area (Å²) in [5, 5.41) is 7.95. The van der Waals surface area contributed by atoms with Crippen molar-refractivity contribution in [1.82, 2.24) is 10.3 Å². The van der Waals surface area contributed by atoms with Crippen LogP contribution in [0, 0.1) is 0 Å². The van der Waals surface area contributed by atoms with Crippen molar-refractivity contribution in [1.29, 1.82) is 0 Å². The third-order valence-electron chi connectivity index (χ3n) is 6.56. The minimum absolute atomic E-state index is 0.0592. The van der Waals surface area contributed by atoms with E-state index in [0.717, 1.165) is 10.5 Å². The van der Waals surface area contributed by atoms with Crippen molar-refractivity contribution < 1.29 is 19.1 Å². The molecule has 0 radical (unpaired) electrons. The van der Waals surface area contributed by atoms with E-state index in [9.17, 15) is 14.4 Å². The van der Waals surface area contributed by atoms with Gasteiger partial charge in [0.2, 0.25) is 5.91 Å². The van der Waals surface area contributed by atoms with Gasteiger partial charge in [-0.05, 0) is 71.8 Å².